The number of likely N-dealkylation sites (tertiary alicyclic amines) is 1. The van der Waals surface area contributed by atoms with E-state index in [1.165, 1.54) is 5.56 Å². The average Bonchev–Trinajstić information content (AvgIpc) is 2.51. The Morgan fingerprint density at radius 2 is 2.00 bits per heavy atom. The third-order valence-corrected chi connectivity index (χ3v) is 4.46. The highest BCUT2D eigenvalue weighted by atomic mass is 16.5. The Kier molecular flexibility index (Phi) is 5.66. The molecule has 4 N–H and O–H groups in total. The molecule has 1 aliphatic rings. The van der Waals surface area contributed by atoms with E-state index < -0.39 is 0 Å². The van der Waals surface area contributed by atoms with Gasteiger partial charge in [0.2, 0.25) is 0 Å². The Morgan fingerprint density at radius 1 is 1.32 bits per heavy atom. The molecule has 0 bridgehead atoms. The molecule has 0 saturated carbocycles. The molecule has 1 aromatic rings. The summed E-state index contributed by atoms with van der Waals surface area (Å²) in [4.78, 5) is 14.2. The molecule has 1 atom stereocenters. The van der Waals surface area contributed by atoms with Crippen molar-refractivity contribution >= 4 is 17.3 Å². The van der Waals surface area contributed by atoms with Gasteiger partial charge in [-0.1, -0.05) is 6.07 Å². The average molecular weight is 305 g/mol. The molecule has 0 aliphatic carbocycles. The lowest BCUT2D eigenvalue weighted by molar-refractivity contribution is -0.149. The van der Waals surface area contributed by atoms with E-state index in [0.29, 0.717) is 24.0 Å². The topological polar surface area (TPSA) is 81.6 Å². The van der Waals surface area contributed by atoms with E-state index in [1.807, 2.05) is 25.1 Å². The Hall–Kier alpha value is -1.75. The SMILES string of the molecule is CCOC(=O)C1CCN(C(C)Cc2ccc(N)c(N)c2)CC1. The van der Waals surface area contributed by atoms with Gasteiger partial charge in [0.15, 0.2) is 0 Å². The maximum Gasteiger partial charge on any atom is 0.309 e. The molecular weight excluding hydrogens is 278 g/mol. The maximum absolute atomic E-state index is 11.8. The number of nitrogens with zero attached hydrogens (tertiary/aromatic N) is 1. The second kappa shape index (κ2) is 7.49. The van der Waals surface area contributed by atoms with E-state index >= 15 is 0 Å². The van der Waals surface area contributed by atoms with Crippen molar-refractivity contribution in [1.82, 2.24) is 4.90 Å². The quantitative estimate of drug-likeness (QED) is 0.643. The van der Waals surface area contributed by atoms with Gasteiger partial charge in [0.05, 0.1) is 23.9 Å². The zero-order chi connectivity index (χ0) is 16.1. The second-order valence-corrected chi connectivity index (χ2v) is 6.08. The number of ether oxygens (including phenoxy) is 1. The monoisotopic (exact) mass is 305 g/mol. The normalized spacial score (nSPS) is 18.1. The van der Waals surface area contributed by atoms with Gasteiger partial charge >= 0.3 is 5.97 Å². The molecule has 1 heterocycles. The summed E-state index contributed by atoms with van der Waals surface area (Å²) in [5.74, 6) is 0.0247. The summed E-state index contributed by atoms with van der Waals surface area (Å²) in [5.41, 5.74) is 14.1. The van der Waals surface area contributed by atoms with Crippen molar-refractivity contribution in [2.45, 2.75) is 39.2 Å². The van der Waals surface area contributed by atoms with Crippen molar-refractivity contribution in [2.75, 3.05) is 31.2 Å². The van der Waals surface area contributed by atoms with Gasteiger partial charge in [0.1, 0.15) is 0 Å². The van der Waals surface area contributed by atoms with E-state index in [0.717, 1.165) is 32.4 Å². The molecule has 0 spiro atoms. The van der Waals surface area contributed by atoms with Gasteiger partial charge in [-0.25, -0.2) is 0 Å². The Bertz CT molecular complexity index is 511. The molecule has 1 unspecified atom stereocenters. The van der Waals surface area contributed by atoms with Crippen LogP contribution in [-0.2, 0) is 16.0 Å². The first-order chi connectivity index (χ1) is 10.5. The number of piperidine rings is 1. The number of rotatable bonds is 5. The Labute approximate surface area is 132 Å². The van der Waals surface area contributed by atoms with Crippen LogP contribution in [0.15, 0.2) is 18.2 Å². The highest BCUT2D eigenvalue weighted by Crippen LogP contribution is 2.23. The number of benzene rings is 1. The van der Waals surface area contributed by atoms with Crippen molar-refractivity contribution in [2.24, 2.45) is 5.92 Å². The van der Waals surface area contributed by atoms with Crippen molar-refractivity contribution in [3.8, 4) is 0 Å². The molecule has 122 valence electrons. The number of hydrogen-bond acceptors (Lipinski definition) is 5. The van der Waals surface area contributed by atoms with Gasteiger partial charge in [-0.15, -0.1) is 0 Å². The number of nitrogen functional groups attached to an aromatic ring is 2. The standard InChI is InChI=1S/C17H27N3O2/c1-3-22-17(21)14-6-8-20(9-7-14)12(2)10-13-4-5-15(18)16(19)11-13/h4-5,11-12,14H,3,6-10,18-19H2,1-2H3. The Morgan fingerprint density at radius 3 is 2.59 bits per heavy atom. The van der Waals surface area contributed by atoms with Gasteiger partial charge in [0.25, 0.3) is 0 Å². The Balaban J connectivity index is 1.85. The van der Waals surface area contributed by atoms with Crippen LogP contribution in [0.25, 0.3) is 0 Å². The molecule has 0 aromatic heterocycles. The van der Waals surface area contributed by atoms with Crippen molar-refractivity contribution in [3.63, 3.8) is 0 Å². The van der Waals surface area contributed by atoms with Crippen LogP contribution < -0.4 is 11.5 Å². The van der Waals surface area contributed by atoms with Crippen molar-refractivity contribution < 1.29 is 9.53 Å². The largest absolute Gasteiger partial charge is 0.466 e. The molecule has 1 aromatic carbocycles. The summed E-state index contributed by atoms with van der Waals surface area (Å²) >= 11 is 0. The summed E-state index contributed by atoms with van der Waals surface area (Å²) in [7, 11) is 0. The first-order valence-electron chi connectivity index (χ1n) is 8.05. The highest BCUT2D eigenvalue weighted by Gasteiger charge is 2.28. The number of anilines is 2. The van der Waals surface area contributed by atoms with Crippen LogP contribution in [0.4, 0.5) is 11.4 Å². The van der Waals surface area contributed by atoms with Crippen molar-refractivity contribution in [1.29, 1.82) is 0 Å². The molecule has 1 saturated heterocycles. The summed E-state index contributed by atoms with van der Waals surface area (Å²) in [6, 6.07) is 6.28. The van der Waals surface area contributed by atoms with E-state index in [2.05, 4.69) is 11.8 Å². The molecule has 22 heavy (non-hydrogen) atoms. The van der Waals surface area contributed by atoms with E-state index in [1.54, 1.807) is 0 Å². The van der Waals surface area contributed by atoms with Crippen LogP contribution in [-0.4, -0.2) is 36.6 Å². The van der Waals surface area contributed by atoms with Gasteiger partial charge in [-0.3, -0.25) is 4.79 Å². The minimum atomic E-state index is -0.0406. The predicted octanol–water partition coefficient (Wildman–Crippen LogP) is 2.06. The molecule has 0 amide bonds. The van der Waals surface area contributed by atoms with E-state index in [9.17, 15) is 4.79 Å². The molecule has 5 nitrogen and oxygen atoms in total. The first kappa shape index (κ1) is 16.6. The number of nitrogens with two attached hydrogens (primary N) is 2. The first-order valence-corrected chi connectivity index (χ1v) is 8.05. The molecular formula is C17H27N3O2. The molecule has 1 fully saturated rings. The zero-order valence-corrected chi connectivity index (χ0v) is 13.5. The fraction of sp³-hybridized carbons (Fsp3) is 0.588. The van der Waals surface area contributed by atoms with Crippen LogP contribution in [0.3, 0.4) is 0 Å². The highest BCUT2D eigenvalue weighted by molar-refractivity contribution is 5.72. The van der Waals surface area contributed by atoms with E-state index in [-0.39, 0.29) is 11.9 Å². The van der Waals surface area contributed by atoms with Gasteiger partial charge in [-0.2, -0.15) is 0 Å². The van der Waals surface area contributed by atoms with Crippen LogP contribution in [0.1, 0.15) is 32.3 Å². The number of esters is 1. The maximum atomic E-state index is 11.8. The fourth-order valence-corrected chi connectivity index (χ4v) is 3.06. The van der Waals surface area contributed by atoms with Gasteiger partial charge < -0.3 is 21.1 Å². The van der Waals surface area contributed by atoms with E-state index in [4.69, 9.17) is 16.2 Å². The van der Waals surface area contributed by atoms with Crippen LogP contribution in [0.5, 0.6) is 0 Å². The van der Waals surface area contributed by atoms with Crippen molar-refractivity contribution in [3.05, 3.63) is 23.8 Å². The summed E-state index contributed by atoms with van der Waals surface area (Å²) in [5, 5.41) is 0. The summed E-state index contributed by atoms with van der Waals surface area (Å²) < 4.78 is 5.11. The summed E-state index contributed by atoms with van der Waals surface area (Å²) in [6.45, 7) is 6.42. The third-order valence-electron chi connectivity index (χ3n) is 4.46. The molecule has 5 heteroatoms. The number of carbonyl (C=O) groups excluding carboxylic acids is 1. The molecule has 0 radical (unpaired) electrons. The lowest BCUT2D eigenvalue weighted by Gasteiger charge is -2.35. The zero-order valence-electron chi connectivity index (χ0n) is 13.5. The summed E-state index contributed by atoms with van der Waals surface area (Å²) in [6.07, 6.45) is 2.70. The fourth-order valence-electron chi connectivity index (χ4n) is 3.06. The van der Waals surface area contributed by atoms with Crippen LogP contribution in [0.2, 0.25) is 0 Å². The number of carbonyl (C=O) groups is 1. The van der Waals surface area contributed by atoms with Gasteiger partial charge in [0, 0.05) is 6.04 Å². The smallest absolute Gasteiger partial charge is 0.309 e. The number of hydrogen-bond donors (Lipinski definition) is 2. The lowest BCUT2D eigenvalue weighted by atomic mass is 9.94. The predicted molar refractivity (Wildman–Crippen MR) is 89.4 cm³/mol. The van der Waals surface area contributed by atoms with Crippen LogP contribution >= 0.6 is 0 Å². The third kappa shape index (κ3) is 4.13. The molecule has 2 rings (SSSR count). The minimum absolute atomic E-state index is 0.0406. The van der Waals surface area contributed by atoms with Gasteiger partial charge in [-0.05, 0) is 63.9 Å². The second-order valence-electron chi connectivity index (χ2n) is 6.08. The minimum Gasteiger partial charge on any atom is -0.466 e. The molecule has 1 aliphatic heterocycles. The lowest BCUT2D eigenvalue weighted by Crippen LogP contribution is -2.42. The van der Waals surface area contributed by atoms with Crippen LogP contribution in [0, 0.1) is 5.92 Å².